The van der Waals surface area contributed by atoms with Gasteiger partial charge in [-0.05, 0) is 24.5 Å². The Balaban J connectivity index is 2.76. The first-order chi connectivity index (χ1) is 8.06. The fourth-order valence-electron chi connectivity index (χ4n) is 2.00. The summed E-state index contributed by atoms with van der Waals surface area (Å²) < 4.78 is 6.59. The Morgan fingerprint density at radius 2 is 2.18 bits per heavy atom. The maximum atomic E-state index is 11.7. The van der Waals surface area contributed by atoms with Gasteiger partial charge in [-0.25, -0.2) is 9.78 Å². The summed E-state index contributed by atoms with van der Waals surface area (Å²) in [5.74, 6) is 0.0157. The average Bonchev–Trinajstić information content (AvgIpc) is 2.63. The highest BCUT2D eigenvalue weighted by Crippen LogP contribution is 2.22. The van der Waals surface area contributed by atoms with E-state index in [0.29, 0.717) is 17.3 Å². The number of rotatable bonds is 2. The van der Waals surface area contributed by atoms with Gasteiger partial charge in [-0.3, -0.25) is 4.40 Å². The monoisotopic (exact) mass is 232 g/mol. The number of hydrogen-bond acceptors (Lipinski definition) is 3. The Bertz CT molecular complexity index is 570. The molecule has 2 heterocycles. The first-order valence-corrected chi connectivity index (χ1v) is 5.62. The Labute approximate surface area is 100 Å². The molecule has 0 fully saturated rings. The fraction of sp³-hybridized carbons (Fsp3) is 0.385. The van der Waals surface area contributed by atoms with E-state index in [1.807, 2.05) is 25.3 Å². The van der Waals surface area contributed by atoms with Crippen LogP contribution in [0.25, 0.3) is 5.65 Å². The molecule has 17 heavy (non-hydrogen) atoms. The molecule has 0 aliphatic rings. The number of aryl methyl sites for hydroxylation is 1. The Kier molecular flexibility index (Phi) is 2.88. The molecular weight excluding hydrogens is 216 g/mol. The maximum Gasteiger partial charge on any atom is 0.356 e. The summed E-state index contributed by atoms with van der Waals surface area (Å²) in [6.45, 7) is 6.04. The zero-order valence-corrected chi connectivity index (χ0v) is 10.5. The van der Waals surface area contributed by atoms with Crippen molar-refractivity contribution in [2.45, 2.75) is 26.7 Å². The minimum Gasteiger partial charge on any atom is -0.464 e. The lowest BCUT2D eigenvalue weighted by atomic mass is 10.1. The number of pyridine rings is 1. The van der Waals surface area contributed by atoms with Crippen LogP contribution in [-0.4, -0.2) is 22.5 Å². The number of ether oxygens (including phenoxy) is 1. The Morgan fingerprint density at radius 3 is 2.76 bits per heavy atom. The van der Waals surface area contributed by atoms with Crippen LogP contribution in [0.5, 0.6) is 0 Å². The first kappa shape index (κ1) is 11.6. The lowest BCUT2D eigenvalue weighted by Gasteiger charge is -2.07. The van der Waals surface area contributed by atoms with Crippen molar-refractivity contribution in [1.29, 1.82) is 0 Å². The van der Waals surface area contributed by atoms with Crippen LogP contribution in [0.1, 0.15) is 41.5 Å². The highest BCUT2D eigenvalue weighted by atomic mass is 16.5. The summed E-state index contributed by atoms with van der Waals surface area (Å²) in [7, 11) is 1.38. The predicted molar refractivity (Wildman–Crippen MR) is 65.4 cm³/mol. The van der Waals surface area contributed by atoms with Gasteiger partial charge >= 0.3 is 5.97 Å². The van der Waals surface area contributed by atoms with Crippen molar-refractivity contribution in [2.24, 2.45) is 0 Å². The molecule has 0 N–H and O–H groups in total. The van der Waals surface area contributed by atoms with Gasteiger partial charge < -0.3 is 4.74 Å². The summed E-state index contributed by atoms with van der Waals surface area (Å²) in [5.41, 5.74) is 3.17. The largest absolute Gasteiger partial charge is 0.464 e. The van der Waals surface area contributed by atoms with Crippen LogP contribution in [0.15, 0.2) is 18.3 Å². The van der Waals surface area contributed by atoms with Crippen molar-refractivity contribution < 1.29 is 9.53 Å². The summed E-state index contributed by atoms with van der Waals surface area (Å²) in [6, 6.07) is 3.96. The lowest BCUT2D eigenvalue weighted by molar-refractivity contribution is 0.0592. The van der Waals surface area contributed by atoms with Crippen LogP contribution in [0.3, 0.4) is 0 Å². The molecule has 4 nitrogen and oxygen atoms in total. The minimum absolute atomic E-state index is 0.351. The zero-order chi connectivity index (χ0) is 12.6. The van der Waals surface area contributed by atoms with Crippen molar-refractivity contribution in [3.05, 3.63) is 35.3 Å². The first-order valence-electron chi connectivity index (χ1n) is 5.62. The normalized spacial score (nSPS) is 11.1. The molecule has 0 aliphatic carbocycles. The molecule has 0 saturated carbocycles. The average molecular weight is 232 g/mol. The molecule has 4 heteroatoms. The van der Waals surface area contributed by atoms with E-state index >= 15 is 0 Å². The van der Waals surface area contributed by atoms with E-state index in [1.165, 1.54) is 7.11 Å². The van der Waals surface area contributed by atoms with Gasteiger partial charge in [0.05, 0.1) is 12.8 Å². The Morgan fingerprint density at radius 1 is 1.47 bits per heavy atom. The quantitative estimate of drug-likeness (QED) is 0.747. The number of carbonyl (C=O) groups excluding carboxylic acids is 1. The highest BCUT2D eigenvalue weighted by Gasteiger charge is 2.19. The molecule has 2 rings (SSSR count). The van der Waals surface area contributed by atoms with Crippen molar-refractivity contribution >= 4 is 11.6 Å². The van der Waals surface area contributed by atoms with Gasteiger partial charge in [0.15, 0.2) is 5.69 Å². The number of hydrogen-bond donors (Lipinski definition) is 0. The number of methoxy groups -OCH3 is 1. The summed E-state index contributed by atoms with van der Waals surface area (Å²) >= 11 is 0. The summed E-state index contributed by atoms with van der Waals surface area (Å²) in [6.07, 6.45) is 1.84. The van der Waals surface area contributed by atoms with Crippen LogP contribution in [0.2, 0.25) is 0 Å². The topological polar surface area (TPSA) is 43.6 Å². The molecule has 2 aromatic heterocycles. The number of fused-ring (bicyclic) bond motifs is 1. The molecule has 0 aromatic carbocycles. The van der Waals surface area contributed by atoms with E-state index in [1.54, 1.807) is 4.40 Å². The van der Waals surface area contributed by atoms with Crippen LogP contribution >= 0.6 is 0 Å². The molecule has 0 aliphatic heterocycles. The Hall–Kier alpha value is -1.84. The molecule has 2 aromatic rings. The molecule has 0 radical (unpaired) electrons. The summed E-state index contributed by atoms with van der Waals surface area (Å²) in [5, 5.41) is 0. The van der Waals surface area contributed by atoms with Crippen molar-refractivity contribution in [3.63, 3.8) is 0 Å². The molecule has 0 atom stereocenters. The summed E-state index contributed by atoms with van der Waals surface area (Å²) in [4.78, 5) is 16.2. The third kappa shape index (κ3) is 1.79. The number of imidazole rings is 1. The van der Waals surface area contributed by atoms with Gasteiger partial charge in [-0.2, -0.15) is 0 Å². The van der Waals surface area contributed by atoms with E-state index in [4.69, 9.17) is 4.74 Å². The SMILES string of the molecule is COC(=O)c1c(C)nc2c(C(C)C)cccn12. The van der Waals surface area contributed by atoms with Crippen LogP contribution in [0, 0.1) is 6.92 Å². The second-order valence-corrected chi connectivity index (χ2v) is 4.35. The van der Waals surface area contributed by atoms with Crippen molar-refractivity contribution in [2.75, 3.05) is 7.11 Å². The van der Waals surface area contributed by atoms with Gasteiger partial charge in [-0.15, -0.1) is 0 Å². The third-order valence-corrected chi connectivity index (χ3v) is 2.86. The number of nitrogens with zero attached hydrogens (tertiary/aromatic N) is 2. The van der Waals surface area contributed by atoms with E-state index < -0.39 is 0 Å². The number of carbonyl (C=O) groups is 1. The fourth-order valence-corrected chi connectivity index (χ4v) is 2.00. The molecule has 0 amide bonds. The van der Waals surface area contributed by atoms with Gasteiger partial charge in [-0.1, -0.05) is 19.9 Å². The standard InChI is InChI=1S/C13H16N2O2/c1-8(2)10-6-5-7-15-11(13(16)17-4)9(3)14-12(10)15/h5-8H,1-4H3. The molecule has 0 spiro atoms. The van der Waals surface area contributed by atoms with Crippen molar-refractivity contribution in [1.82, 2.24) is 9.38 Å². The smallest absolute Gasteiger partial charge is 0.356 e. The van der Waals surface area contributed by atoms with Crippen LogP contribution in [-0.2, 0) is 4.74 Å². The molecule has 0 saturated heterocycles. The zero-order valence-electron chi connectivity index (χ0n) is 10.5. The molecule has 0 unspecified atom stereocenters. The van der Waals surface area contributed by atoms with Crippen molar-refractivity contribution in [3.8, 4) is 0 Å². The second kappa shape index (κ2) is 4.20. The van der Waals surface area contributed by atoms with Gasteiger partial charge in [0.1, 0.15) is 5.65 Å². The second-order valence-electron chi connectivity index (χ2n) is 4.35. The minimum atomic E-state index is -0.351. The van der Waals surface area contributed by atoms with E-state index in [2.05, 4.69) is 18.8 Å². The van der Waals surface area contributed by atoms with E-state index in [9.17, 15) is 4.79 Å². The lowest BCUT2D eigenvalue weighted by Crippen LogP contribution is -2.07. The van der Waals surface area contributed by atoms with Gasteiger partial charge in [0, 0.05) is 6.20 Å². The predicted octanol–water partition coefficient (Wildman–Crippen LogP) is 2.55. The van der Waals surface area contributed by atoms with Crippen LogP contribution in [0.4, 0.5) is 0 Å². The van der Waals surface area contributed by atoms with Gasteiger partial charge in [0.2, 0.25) is 0 Å². The molecular formula is C13H16N2O2. The molecule has 0 bridgehead atoms. The number of esters is 1. The third-order valence-electron chi connectivity index (χ3n) is 2.86. The van der Waals surface area contributed by atoms with Gasteiger partial charge in [0.25, 0.3) is 0 Å². The van der Waals surface area contributed by atoms with E-state index in [0.717, 1.165) is 11.2 Å². The van der Waals surface area contributed by atoms with Crippen LogP contribution < -0.4 is 0 Å². The maximum absolute atomic E-state index is 11.7. The van der Waals surface area contributed by atoms with E-state index in [-0.39, 0.29) is 5.97 Å². The highest BCUT2D eigenvalue weighted by molar-refractivity contribution is 5.90. The number of aromatic nitrogens is 2. The molecule has 90 valence electrons.